The van der Waals surface area contributed by atoms with E-state index in [4.69, 9.17) is 0 Å². The SMILES string of the molecule is Cc1nc(CN2CCN(c3ccnc4cc(Br)ccc34)CC2)n[nH]1. The van der Waals surface area contributed by atoms with Crippen molar-refractivity contribution in [2.45, 2.75) is 13.5 Å². The lowest BCUT2D eigenvalue weighted by atomic mass is 10.1. The van der Waals surface area contributed by atoms with Gasteiger partial charge in [-0.05, 0) is 31.2 Å². The van der Waals surface area contributed by atoms with Crippen LogP contribution in [0, 0.1) is 6.92 Å². The molecule has 3 heterocycles. The molecular formula is C17H19BrN6. The van der Waals surface area contributed by atoms with E-state index >= 15 is 0 Å². The predicted molar refractivity (Wildman–Crippen MR) is 98.1 cm³/mol. The van der Waals surface area contributed by atoms with E-state index in [-0.39, 0.29) is 0 Å². The molecule has 6 nitrogen and oxygen atoms in total. The maximum absolute atomic E-state index is 4.48. The van der Waals surface area contributed by atoms with Gasteiger partial charge < -0.3 is 4.90 Å². The maximum atomic E-state index is 4.48. The molecule has 0 radical (unpaired) electrons. The molecule has 124 valence electrons. The average molecular weight is 387 g/mol. The smallest absolute Gasteiger partial charge is 0.164 e. The first-order valence-corrected chi connectivity index (χ1v) is 8.88. The molecule has 0 spiro atoms. The molecule has 1 N–H and O–H groups in total. The zero-order chi connectivity index (χ0) is 16.5. The summed E-state index contributed by atoms with van der Waals surface area (Å²) in [6.45, 7) is 6.75. The first-order chi connectivity index (χ1) is 11.7. The van der Waals surface area contributed by atoms with Crippen LogP contribution in [0.4, 0.5) is 5.69 Å². The Balaban J connectivity index is 1.48. The highest BCUT2D eigenvalue weighted by molar-refractivity contribution is 9.10. The highest BCUT2D eigenvalue weighted by Gasteiger charge is 2.20. The molecule has 0 atom stereocenters. The number of rotatable bonds is 3. The Hall–Kier alpha value is -1.99. The topological polar surface area (TPSA) is 60.9 Å². The Labute approximate surface area is 149 Å². The van der Waals surface area contributed by atoms with E-state index in [1.54, 1.807) is 0 Å². The van der Waals surface area contributed by atoms with Crippen LogP contribution in [0.5, 0.6) is 0 Å². The summed E-state index contributed by atoms with van der Waals surface area (Å²) in [5.74, 6) is 1.75. The third-order valence-electron chi connectivity index (χ3n) is 4.40. The highest BCUT2D eigenvalue weighted by atomic mass is 79.9. The number of hydrogen-bond donors (Lipinski definition) is 1. The van der Waals surface area contributed by atoms with Crippen molar-refractivity contribution >= 4 is 32.5 Å². The summed E-state index contributed by atoms with van der Waals surface area (Å²) >= 11 is 3.52. The lowest BCUT2D eigenvalue weighted by Gasteiger charge is -2.36. The van der Waals surface area contributed by atoms with Gasteiger partial charge in [-0.25, -0.2) is 4.98 Å². The molecule has 0 saturated carbocycles. The quantitative estimate of drug-likeness (QED) is 0.749. The van der Waals surface area contributed by atoms with Crippen molar-refractivity contribution in [3.05, 3.63) is 46.6 Å². The molecule has 24 heavy (non-hydrogen) atoms. The Morgan fingerprint density at radius 1 is 1.17 bits per heavy atom. The summed E-state index contributed by atoms with van der Waals surface area (Å²) in [7, 11) is 0. The second-order valence-corrected chi connectivity index (χ2v) is 7.01. The van der Waals surface area contributed by atoms with E-state index in [0.717, 1.165) is 54.4 Å². The summed E-state index contributed by atoms with van der Waals surface area (Å²) < 4.78 is 1.06. The zero-order valence-corrected chi connectivity index (χ0v) is 15.1. The zero-order valence-electron chi connectivity index (χ0n) is 13.5. The van der Waals surface area contributed by atoms with Gasteiger partial charge in [0.25, 0.3) is 0 Å². The predicted octanol–water partition coefficient (Wildman–Crippen LogP) is 2.75. The van der Waals surface area contributed by atoms with Gasteiger partial charge in [-0.15, -0.1) is 0 Å². The van der Waals surface area contributed by atoms with Crippen molar-refractivity contribution in [3.8, 4) is 0 Å². The molecule has 1 aliphatic heterocycles. The third-order valence-corrected chi connectivity index (χ3v) is 4.90. The number of benzene rings is 1. The summed E-state index contributed by atoms with van der Waals surface area (Å²) in [6.07, 6.45) is 1.90. The molecule has 7 heteroatoms. The summed E-state index contributed by atoms with van der Waals surface area (Å²) in [6, 6.07) is 8.41. The van der Waals surface area contributed by atoms with E-state index in [2.05, 4.69) is 70.2 Å². The Bertz CT molecular complexity index is 853. The number of aromatic amines is 1. The number of hydrogen-bond acceptors (Lipinski definition) is 5. The number of halogens is 1. The largest absolute Gasteiger partial charge is 0.368 e. The van der Waals surface area contributed by atoms with Crippen LogP contribution >= 0.6 is 15.9 Å². The summed E-state index contributed by atoms with van der Waals surface area (Å²) in [5.41, 5.74) is 2.29. The number of aromatic nitrogens is 4. The van der Waals surface area contributed by atoms with E-state index in [0.29, 0.717) is 0 Å². The van der Waals surface area contributed by atoms with E-state index in [9.17, 15) is 0 Å². The Morgan fingerprint density at radius 2 is 2.00 bits per heavy atom. The summed E-state index contributed by atoms with van der Waals surface area (Å²) in [4.78, 5) is 13.7. The van der Waals surface area contributed by atoms with Crippen molar-refractivity contribution in [3.63, 3.8) is 0 Å². The van der Waals surface area contributed by atoms with Gasteiger partial charge in [0.05, 0.1) is 12.1 Å². The van der Waals surface area contributed by atoms with Crippen LogP contribution < -0.4 is 4.90 Å². The van der Waals surface area contributed by atoms with Crippen molar-refractivity contribution in [2.75, 3.05) is 31.1 Å². The molecule has 0 amide bonds. The van der Waals surface area contributed by atoms with Gasteiger partial charge >= 0.3 is 0 Å². The van der Waals surface area contributed by atoms with Crippen LogP contribution in [0.15, 0.2) is 34.9 Å². The molecule has 4 rings (SSSR count). The first kappa shape index (κ1) is 15.5. The molecule has 1 fully saturated rings. The average Bonchev–Trinajstić information content (AvgIpc) is 3.00. The van der Waals surface area contributed by atoms with Crippen molar-refractivity contribution in [2.24, 2.45) is 0 Å². The maximum Gasteiger partial charge on any atom is 0.164 e. The first-order valence-electron chi connectivity index (χ1n) is 8.08. The van der Waals surface area contributed by atoms with Crippen molar-refractivity contribution in [1.29, 1.82) is 0 Å². The molecule has 0 bridgehead atoms. The Kier molecular flexibility index (Phi) is 4.20. The number of pyridine rings is 1. The second kappa shape index (κ2) is 6.49. The fourth-order valence-corrected chi connectivity index (χ4v) is 3.54. The lowest BCUT2D eigenvalue weighted by molar-refractivity contribution is 0.244. The molecule has 0 aliphatic carbocycles. The minimum atomic E-state index is 0.808. The fourth-order valence-electron chi connectivity index (χ4n) is 3.19. The van der Waals surface area contributed by atoms with Gasteiger partial charge in [0.2, 0.25) is 0 Å². The van der Waals surface area contributed by atoms with Gasteiger partial charge in [-0.3, -0.25) is 15.0 Å². The van der Waals surface area contributed by atoms with Crippen LogP contribution in [0.2, 0.25) is 0 Å². The number of nitrogens with zero attached hydrogens (tertiary/aromatic N) is 5. The van der Waals surface area contributed by atoms with E-state index in [1.807, 2.05) is 13.1 Å². The van der Waals surface area contributed by atoms with Gasteiger partial charge in [-0.2, -0.15) is 5.10 Å². The molecular weight excluding hydrogens is 368 g/mol. The van der Waals surface area contributed by atoms with Crippen molar-refractivity contribution in [1.82, 2.24) is 25.1 Å². The standard InChI is InChI=1S/C17H19BrN6/c1-12-20-17(22-21-12)11-23-6-8-24(9-7-23)16-4-5-19-15-10-13(18)2-3-14(15)16/h2-5,10H,6-9,11H2,1H3,(H,20,21,22). The number of nitrogens with one attached hydrogen (secondary N) is 1. The van der Waals surface area contributed by atoms with E-state index in [1.165, 1.54) is 11.1 Å². The number of aryl methyl sites for hydroxylation is 1. The van der Waals surface area contributed by atoms with Gasteiger partial charge in [-0.1, -0.05) is 15.9 Å². The molecule has 3 aromatic rings. The number of H-pyrrole nitrogens is 1. The summed E-state index contributed by atoms with van der Waals surface area (Å²) in [5, 5.41) is 8.35. The molecule has 1 aliphatic rings. The Morgan fingerprint density at radius 3 is 2.75 bits per heavy atom. The number of fused-ring (bicyclic) bond motifs is 1. The van der Waals surface area contributed by atoms with E-state index < -0.39 is 0 Å². The van der Waals surface area contributed by atoms with Gasteiger partial charge in [0.1, 0.15) is 5.82 Å². The molecule has 1 aromatic carbocycles. The molecule has 0 unspecified atom stereocenters. The van der Waals surface area contributed by atoms with Crippen molar-refractivity contribution < 1.29 is 0 Å². The second-order valence-electron chi connectivity index (χ2n) is 6.09. The lowest BCUT2D eigenvalue weighted by Crippen LogP contribution is -2.46. The van der Waals surface area contributed by atoms with Gasteiger partial charge in [0, 0.05) is 47.9 Å². The molecule has 1 saturated heterocycles. The molecule has 2 aromatic heterocycles. The normalized spacial score (nSPS) is 16.0. The van der Waals surface area contributed by atoms with Crippen LogP contribution in [-0.4, -0.2) is 51.2 Å². The third kappa shape index (κ3) is 3.14. The monoisotopic (exact) mass is 386 g/mol. The highest BCUT2D eigenvalue weighted by Crippen LogP contribution is 2.28. The van der Waals surface area contributed by atoms with Gasteiger partial charge in [0.15, 0.2) is 5.82 Å². The number of piperazine rings is 1. The van der Waals surface area contributed by atoms with Crippen LogP contribution in [0.1, 0.15) is 11.6 Å². The van der Waals surface area contributed by atoms with Crippen LogP contribution in [-0.2, 0) is 6.54 Å². The minimum Gasteiger partial charge on any atom is -0.368 e. The minimum absolute atomic E-state index is 0.808. The number of anilines is 1. The van der Waals surface area contributed by atoms with Crippen LogP contribution in [0.3, 0.4) is 0 Å². The fraction of sp³-hybridized carbons (Fsp3) is 0.353. The van der Waals surface area contributed by atoms with Crippen LogP contribution in [0.25, 0.3) is 10.9 Å².